The van der Waals surface area contributed by atoms with E-state index >= 15 is 0 Å². The first kappa shape index (κ1) is 20.5. The number of oxazole rings is 1. The lowest BCUT2D eigenvalue weighted by atomic mass is 9.94. The quantitative estimate of drug-likeness (QED) is 0.377. The second-order valence-corrected chi connectivity index (χ2v) is 8.41. The number of fused-ring (bicyclic) bond motifs is 1. The van der Waals surface area contributed by atoms with Gasteiger partial charge in [0, 0.05) is 35.2 Å². The average Bonchev–Trinajstić information content (AvgIpc) is 3.27. The Hall–Kier alpha value is -3.44. The first-order valence-corrected chi connectivity index (χ1v) is 11.0. The molecule has 0 bridgehead atoms. The predicted molar refractivity (Wildman–Crippen MR) is 123 cm³/mol. The molecule has 32 heavy (non-hydrogen) atoms. The third-order valence-electron chi connectivity index (χ3n) is 5.94. The third-order valence-corrected chi connectivity index (χ3v) is 6.17. The van der Waals surface area contributed by atoms with E-state index in [1.165, 1.54) is 0 Å². The van der Waals surface area contributed by atoms with E-state index in [1.54, 1.807) is 48.5 Å². The van der Waals surface area contributed by atoms with Crippen LogP contribution in [0.2, 0.25) is 5.02 Å². The monoisotopic (exact) mass is 444 g/mol. The number of piperidine rings is 1. The normalized spacial score (nSPS) is 14.6. The number of carbonyl (C=O) groups is 2. The topological polar surface area (TPSA) is 63.4 Å². The lowest BCUT2D eigenvalue weighted by Crippen LogP contribution is -2.38. The molecule has 160 valence electrons. The molecule has 1 amide bonds. The summed E-state index contributed by atoms with van der Waals surface area (Å²) in [5.74, 6) is 0.572. The van der Waals surface area contributed by atoms with Crippen LogP contribution in [0.5, 0.6) is 0 Å². The summed E-state index contributed by atoms with van der Waals surface area (Å²) in [5.41, 5.74) is 2.91. The van der Waals surface area contributed by atoms with Crippen molar-refractivity contribution in [2.75, 3.05) is 13.1 Å². The summed E-state index contributed by atoms with van der Waals surface area (Å²) < 4.78 is 5.92. The maximum atomic E-state index is 13.3. The second kappa shape index (κ2) is 8.60. The molecule has 1 aliphatic rings. The zero-order chi connectivity index (χ0) is 22.1. The van der Waals surface area contributed by atoms with E-state index < -0.39 is 0 Å². The highest BCUT2D eigenvalue weighted by atomic mass is 35.5. The number of carbonyl (C=O) groups excluding carboxylic acids is 2. The Morgan fingerprint density at radius 1 is 0.906 bits per heavy atom. The molecular formula is C26H21ClN2O3. The second-order valence-electron chi connectivity index (χ2n) is 7.97. The van der Waals surface area contributed by atoms with Crippen molar-refractivity contribution in [3.8, 4) is 0 Å². The average molecular weight is 445 g/mol. The van der Waals surface area contributed by atoms with Gasteiger partial charge in [-0.2, -0.15) is 0 Å². The summed E-state index contributed by atoms with van der Waals surface area (Å²) in [5, 5.41) is 0.626. The van der Waals surface area contributed by atoms with E-state index in [0.29, 0.717) is 40.7 Å². The molecule has 0 N–H and O–H groups in total. The standard InChI is InChI=1S/C26H21ClN2O3/c27-19-10-11-23-22(16-19)28-25(32-23)18-12-14-29(15-13-18)26(31)21-9-5-4-8-20(21)24(30)17-6-2-1-3-7-17/h1-11,16,18H,12-15H2. The van der Waals surface area contributed by atoms with Crippen molar-refractivity contribution < 1.29 is 14.0 Å². The molecule has 0 atom stereocenters. The molecule has 5 rings (SSSR count). The molecule has 0 spiro atoms. The Bertz CT molecular complexity index is 1290. The summed E-state index contributed by atoms with van der Waals surface area (Å²) >= 11 is 6.05. The number of hydrogen-bond acceptors (Lipinski definition) is 4. The zero-order valence-corrected chi connectivity index (χ0v) is 18.1. The number of hydrogen-bond donors (Lipinski definition) is 0. The molecule has 3 aromatic carbocycles. The fourth-order valence-corrected chi connectivity index (χ4v) is 4.37. The third kappa shape index (κ3) is 3.92. The highest BCUT2D eigenvalue weighted by molar-refractivity contribution is 6.31. The van der Waals surface area contributed by atoms with Crippen molar-refractivity contribution in [1.29, 1.82) is 0 Å². The number of nitrogens with zero attached hydrogens (tertiary/aromatic N) is 2. The van der Waals surface area contributed by atoms with Gasteiger partial charge >= 0.3 is 0 Å². The van der Waals surface area contributed by atoms with Crippen molar-refractivity contribution in [3.63, 3.8) is 0 Å². The van der Waals surface area contributed by atoms with Gasteiger partial charge in [-0.1, -0.05) is 60.1 Å². The molecule has 1 fully saturated rings. The smallest absolute Gasteiger partial charge is 0.254 e. The van der Waals surface area contributed by atoms with Crippen LogP contribution in [0.15, 0.2) is 77.2 Å². The minimum Gasteiger partial charge on any atom is -0.440 e. The first-order valence-electron chi connectivity index (χ1n) is 10.6. The molecule has 6 heteroatoms. The summed E-state index contributed by atoms with van der Waals surface area (Å²) in [7, 11) is 0. The van der Waals surface area contributed by atoms with Crippen LogP contribution < -0.4 is 0 Å². The van der Waals surface area contributed by atoms with Gasteiger partial charge in [0.15, 0.2) is 17.3 Å². The van der Waals surface area contributed by atoms with E-state index in [-0.39, 0.29) is 17.6 Å². The molecule has 1 aromatic heterocycles. The van der Waals surface area contributed by atoms with Crippen LogP contribution in [0.4, 0.5) is 0 Å². The highest BCUT2D eigenvalue weighted by Crippen LogP contribution is 2.31. The van der Waals surface area contributed by atoms with E-state index in [9.17, 15) is 9.59 Å². The van der Waals surface area contributed by atoms with Crippen LogP contribution in [0.25, 0.3) is 11.1 Å². The molecule has 1 saturated heterocycles. The van der Waals surface area contributed by atoms with Gasteiger partial charge in [0.25, 0.3) is 5.91 Å². The van der Waals surface area contributed by atoms with E-state index in [4.69, 9.17) is 16.0 Å². The Labute approximate surface area is 190 Å². The summed E-state index contributed by atoms with van der Waals surface area (Å²) in [6.07, 6.45) is 1.50. The minimum atomic E-state index is -0.144. The lowest BCUT2D eigenvalue weighted by Gasteiger charge is -2.31. The maximum Gasteiger partial charge on any atom is 0.254 e. The Balaban J connectivity index is 1.32. The largest absolute Gasteiger partial charge is 0.440 e. The molecule has 0 unspecified atom stereocenters. The Morgan fingerprint density at radius 3 is 2.34 bits per heavy atom. The fourth-order valence-electron chi connectivity index (χ4n) is 4.21. The first-order chi connectivity index (χ1) is 15.6. The summed E-state index contributed by atoms with van der Waals surface area (Å²) in [4.78, 5) is 32.7. The van der Waals surface area contributed by atoms with Crippen molar-refractivity contribution in [1.82, 2.24) is 9.88 Å². The van der Waals surface area contributed by atoms with Crippen LogP contribution in [0, 0.1) is 0 Å². The fraction of sp³-hybridized carbons (Fsp3) is 0.192. The SMILES string of the molecule is O=C(c1ccccc1)c1ccccc1C(=O)N1CCC(c2nc3cc(Cl)ccc3o2)CC1. The van der Waals surface area contributed by atoms with Crippen LogP contribution in [-0.4, -0.2) is 34.7 Å². The van der Waals surface area contributed by atoms with Gasteiger partial charge in [0.1, 0.15) is 5.52 Å². The van der Waals surface area contributed by atoms with Gasteiger partial charge < -0.3 is 9.32 Å². The van der Waals surface area contributed by atoms with Crippen molar-refractivity contribution >= 4 is 34.4 Å². The van der Waals surface area contributed by atoms with Gasteiger partial charge in [-0.15, -0.1) is 0 Å². The van der Waals surface area contributed by atoms with Crippen LogP contribution >= 0.6 is 11.6 Å². The van der Waals surface area contributed by atoms with Gasteiger partial charge in [-0.3, -0.25) is 9.59 Å². The minimum absolute atomic E-state index is 0.118. The molecule has 5 nitrogen and oxygen atoms in total. The molecule has 0 saturated carbocycles. The number of rotatable bonds is 4. The van der Waals surface area contributed by atoms with Crippen molar-refractivity contribution in [2.45, 2.75) is 18.8 Å². The van der Waals surface area contributed by atoms with Crippen molar-refractivity contribution in [2.24, 2.45) is 0 Å². The Morgan fingerprint density at radius 2 is 1.59 bits per heavy atom. The van der Waals surface area contributed by atoms with E-state index in [0.717, 1.165) is 23.9 Å². The number of amides is 1. The summed E-state index contributed by atoms with van der Waals surface area (Å²) in [6.45, 7) is 1.16. The molecule has 0 aliphatic carbocycles. The number of benzene rings is 3. The van der Waals surface area contributed by atoms with Gasteiger partial charge in [0.05, 0.1) is 5.56 Å². The zero-order valence-electron chi connectivity index (χ0n) is 17.3. The van der Waals surface area contributed by atoms with E-state index in [2.05, 4.69) is 4.98 Å². The number of likely N-dealkylation sites (tertiary alicyclic amines) is 1. The molecule has 4 aromatic rings. The molecule has 1 aliphatic heterocycles. The molecule has 0 radical (unpaired) electrons. The number of halogens is 1. The Kier molecular flexibility index (Phi) is 5.50. The van der Waals surface area contributed by atoms with Crippen LogP contribution in [0.1, 0.15) is 50.9 Å². The van der Waals surface area contributed by atoms with Gasteiger partial charge in [-0.05, 0) is 37.1 Å². The number of ketones is 1. The lowest BCUT2D eigenvalue weighted by molar-refractivity contribution is 0.0703. The van der Waals surface area contributed by atoms with E-state index in [1.807, 2.05) is 29.2 Å². The number of aromatic nitrogens is 1. The van der Waals surface area contributed by atoms with Gasteiger partial charge in [0.2, 0.25) is 0 Å². The maximum absolute atomic E-state index is 13.3. The molecular weight excluding hydrogens is 424 g/mol. The van der Waals surface area contributed by atoms with Crippen LogP contribution in [-0.2, 0) is 0 Å². The van der Waals surface area contributed by atoms with Crippen molar-refractivity contribution in [3.05, 3.63) is 100 Å². The summed E-state index contributed by atoms with van der Waals surface area (Å²) in [6, 6.07) is 21.5. The highest BCUT2D eigenvalue weighted by Gasteiger charge is 2.29. The van der Waals surface area contributed by atoms with Gasteiger partial charge in [-0.25, -0.2) is 4.98 Å². The van der Waals surface area contributed by atoms with Crippen LogP contribution in [0.3, 0.4) is 0 Å². The predicted octanol–water partition coefficient (Wildman–Crippen LogP) is 5.73. The molecule has 2 heterocycles.